The molecule has 2 bridgehead atoms. The fourth-order valence-corrected chi connectivity index (χ4v) is 9.37. The van der Waals surface area contributed by atoms with Crippen molar-refractivity contribution >= 4 is 39.3 Å². The van der Waals surface area contributed by atoms with Crippen molar-refractivity contribution in [1.82, 2.24) is 25.2 Å². The lowest BCUT2D eigenvalue weighted by atomic mass is 9.95. The van der Waals surface area contributed by atoms with Crippen molar-refractivity contribution in [3.8, 4) is 35.4 Å². The molecule has 4 atom stereocenters. The summed E-state index contributed by atoms with van der Waals surface area (Å²) in [5.41, 5.74) is -0.588. The molecule has 12 heteroatoms. The van der Waals surface area contributed by atoms with E-state index < -0.39 is 23.3 Å². The molecule has 0 radical (unpaired) electrons. The van der Waals surface area contributed by atoms with Crippen LogP contribution in [0.15, 0.2) is 30.5 Å². The highest BCUT2D eigenvalue weighted by Gasteiger charge is 2.50. The van der Waals surface area contributed by atoms with E-state index >= 15 is 4.39 Å². The minimum atomic E-state index is -0.920. The van der Waals surface area contributed by atoms with Gasteiger partial charge >= 0.3 is 6.01 Å². The normalized spacial score (nSPS) is 27.1. The zero-order valence-corrected chi connectivity index (χ0v) is 26.8. The van der Waals surface area contributed by atoms with Gasteiger partial charge in [-0.1, -0.05) is 12.0 Å². The van der Waals surface area contributed by atoms with E-state index in [0.29, 0.717) is 42.6 Å². The number of hydrogen-bond donors (Lipinski definition) is 2. The van der Waals surface area contributed by atoms with Gasteiger partial charge in [-0.2, -0.15) is 21.7 Å². The van der Waals surface area contributed by atoms with E-state index in [4.69, 9.17) is 16.1 Å². The second kappa shape index (κ2) is 11.4. The standard InChI is InChI=1S/C35H35F3N6O2S/c1-3-24-27(37)6-5-20-11-23(45)12-25(28(20)24)30-29(38)31-26(14-39-30)32(43-16-22-7-9-34(17-43,42-22)19-47-2)41-33(40-31)46-18-35-8-4-10-44(35)15-21(36)13-35/h1,5-6,11-12,14,21-22,42,45H,4,7-10,13,15-19H2,2H3/t21-,22?,34?,35+/m1/s1. The van der Waals surface area contributed by atoms with Crippen molar-refractivity contribution in [2.45, 2.75) is 55.4 Å². The molecule has 2 unspecified atom stereocenters. The first-order valence-corrected chi connectivity index (χ1v) is 17.4. The van der Waals surface area contributed by atoms with E-state index in [0.717, 1.165) is 38.0 Å². The van der Waals surface area contributed by atoms with Crippen molar-refractivity contribution in [1.29, 1.82) is 0 Å². The van der Waals surface area contributed by atoms with E-state index in [9.17, 15) is 13.9 Å². The minimum absolute atomic E-state index is 0.00741. The van der Waals surface area contributed by atoms with E-state index in [2.05, 4.69) is 37.3 Å². The highest BCUT2D eigenvalue weighted by atomic mass is 32.2. The number of nitrogens with one attached hydrogen (secondary N) is 1. The monoisotopic (exact) mass is 660 g/mol. The van der Waals surface area contributed by atoms with E-state index in [1.165, 1.54) is 30.5 Å². The third-order valence-electron chi connectivity index (χ3n) is 10.5. The zero-order chi connectivity index (χ0) is 32.5. The molecule has 4 fully saturated rings. The van der Waals surface area contributed by atoms with Crippen LogP contribution in [-0.2, 0) is 0 Å². The molecule has 0 saturated carbocycles. The van der Waals surface area contributed by atoms with Gasteiger partial charge in [0.25, 0.3) is 0 Å². The number of rotatable bonds is 7. The van der Waals surface area contributed by atoms with Crippen LogP contribution in [-0.4, -0.2) is 93.0 Å². The number of thioether (sulfide) groups is 1. The molecule has 2 aromatic heterocycles. The summed E-state index contributed by atoms with van der Waals surface area (Å²) in [6.07, 6.45) is 12.6. The van der Waals surface area contributed by atoms with Gasteiger partial charge in [0.2, 0.25) is 0 Å². The summed E-state index contributed by atoms with van der Waals surface area (Å²) in [7, 11) is 0. The highest BCUT2D eigenvalue weighted by Crippen LogP contribution is 2.43. The van der Waals surface area contributed by atoms with Crippen molar-refractivity contribution in [3.63, 3.8) is 0 Å². The number of ether oxygens (including phenoxy) is 1. The van der Waals surface area contributed by atoms with E-state index in [1.807, 2.05) is 0 Å². The van der Waals surface area contributed by atoms with E-state index in [-0.39, 0.29) is 57.7 Å². The van der Waals surface area contributed by atoms with Crippen LogP contribution in [0.25, 0.3) is 32.9 Å². The number of pyridine rings is 1. The molecule has 47 heavy (non-hydrogen) atoms. The zero-order valence-electron chi connectivity index (χ0n) is 26.0. The third kappa shape index (κ3) is 5.05. The van der Waals surface area contributed by atoms with Gasteiger partial charge in [0.1, 0.15) is 41.4 Å². The molecule has 8 nitrogen and oxygen atoms in total. The molecule has 2 aromatic carbocycles. The van der Waals surface area contributed by atoms with Gasteiger partial charge in [-0.3, -0.25) is 9.88 Å². The first kappa shape index (κ1) is 30.5. The van der Waals surface area contributed by atoms with Gasteiger partial charge < -0.3 is 20.1 Å². The Hall–Kier alpha value is -3.79. The predicted octanol–water partition coefficient (Wildman–Crippen LogP) is 5.44. The summed E-state index contributed by atoms with van der Waals surface area (Å²) in [6, 6.07) is 5.75. The SMILES string of the molecule is C#Cc1c(F)ccc2cc(O)cc(-c3ncc4c(N5CC6CCC(CSC)(C5)N6)nc(OC[C@@]56CCCN5C[C@H](F)C6)nc4c3F)c12. The molecule has 4 saturated heterocycles. The summed E-state index contributed by atoms with van der Waals surface area (Å²) >= 11 is 1.79. The number of hydrogen-bond acceptors (Lipinski definition) is 9. The number of nitrogens with zero attached hydrogens (tertiary/aromatic N) is 5. The Balaban J connectivity index is 1.28. The van der Waals surface area contributed by atoms with Crippen molar-refractivity contribution < 1.29 is 23.0 Å². The van der Waals surface area contributed by atoms with E-state index in [1.54, 1.807) is 11.8 Å². The maximum absolute atomic E-state index is 16.9. The molecule has 4 aromatic rings. The minimum Gasteiger partial charge on any atom is -0.508 e. The van der Waals surface area contributed by atoms with Crippen LogP contribution in [0.1, 0.15) is 37.7 Å². The van der Waals surface area contributed by atoms with Crippen molar-refractivity contribution in [3.05, 3.63) is 47.7 Å². The van der Waals surface area contributed by atoms with Crippen LogP contribution in [0.2, 0.25) is 0 Å². The molecule has 4 aliphatic rings. The topological polar surface area (TPSA) is 86.6 Å². The molecule has 244 valence electrons. The van der Waals surface area contributed by atoms with Gasteiger partial charge in [-0.05, 0) is 62.1 Å². The number of anilines is 1. The summed E-state index contributed by atoms with van der Waals surface area (Å²) in [5, 5.41) is 15.5. The molecule has 6 heterocycles. The van der Waals surface area contributed by atoms with Gasteiger partial charge in [0.05, 0.1) is 16.5 Å². The summed E-state index contributed by atoms with van der Waals surface area (Å²) < 4.78 is 52.6. The van der Waals surface area contributed by atoms with Crippen LogP contribution < -0.4 is 15.0 Å². The number of aromatic nitrogens is 3. The van der Waals surface area contributed by atoms with Gasteiger partial charge in [0, 0.05) is 60.5 Å². The van der Waals surface area contributed by atoms with Crippen molar-refractivity contribution in [2.24, 2.45) is 0 Å². The lowest BCUT2D eigenvalue weighted by molar-refractivity contribution is 0.107. The number of benzene rings is 2. The second-order valence-electron chi connectivity index (χ2n) is 13.5. The lowest BCUT2D eigenvalue weighted by Crippen LogP contribution is -2.61. The van der Waals surface area contributed by atoms with Crippen LogP contribution in [0.3, 0.4) is 0 Å². The Kier molecular flexibility index (Phi) is 7.42. The Bertz CT molecular complexity index is 1950. The number of phenolic OH excluding ortho intramolecular Hbond substituents is 1. The second-order valence-corrected chi connectivity index (χ2v) is 14.4. The number of fused-ring (bicyclic) bond motifs is 5. The fourth-order valence-electron chi connectivity index (χ4n) is 8.50. The first-order valence-electron chi connectivity index (χ1n) is 16.0. The molecule has 0 spiro atoms. The molecule has 2 N–H and O–H groups in total. The molecule has 4 aliphatic heterocycles. The Morgan fingerprint density at radius 3 is 2.91 bits per heavy atom. The van der Waals surface area contributed by atoms with Crippen LogP contribution in [0.5, 0.6) is 11.8 Å². The quantitative estimate of drug-likeness (QED) is 0.252. The third-order valence-corrected chi connectivity index (χ3v) is 11.3. The van der Waals surface area contributed by atoms with Crippen LogP contribution in [0, 0.1) is 24.0 Å². The molecule has 0 amide bonds. The summed E-state index contributed by atoms with van der Waals surface area (Å²) in [4.78, 5) is 18.3. The lowest BCUT2D eigenvalue weighted by Gasteiger charge is -2.42. The van der Waals surface area contributed by atoms with Crippen molar-refractivity contribution in [2.75, 3.05) is 49.7 Å². The molecule has 8 rings (SSSR count). The smallest absolute Gasteiger partial charge is 0.319 e. The fraction of sp³-hybridized carbons (Fsp3) is 0.457. The first-order chi connectivity index (χ1) is 22.7. The molecular weight excluding hydrogens is 625 g/mol. The van der Waals surface area contributed by atoms with Gasteiger partial charge in [-0.25, -0.2) is 13.2 Å². The number of alkyl halides is 1. The Morgan fingerprint density at radius 2 is 2.09 bits per heavy atom. The molecule has 0 aliphatic carbocycles. The number of phenols is 1. The number of terminal acetylenes is 1. The Labute approximate surface area is 275 Å². The molecular formula is C35H35F3N6O2S. The largest absolute Gasteiger partial charge is 0.508 e. The number of piperazine rings is 1. The summed E-state index contributed by atoms with van der Waals surface area (Å²) in [6.45, 7) is 2.74. The summed E-state index contributed by atoms with van der Waals surface area (Å²) in [5.74, 6) is 2.28. The maximum Gasteiger partial charge on any atom is 0.319 e. The Morgan fingerprint density at radius 1 is 1.21 bits per heavy atom. The number of aromatic hydroxyl groups is 1. The average molecular weight is 661 g/mol. The van der Waals surface area contributed by atoms with Gasteiger partial charge in [-0.15, -0.1) is 6.42 Å². The maximum atomic E-state index is 16.9. The van der Waals surface area contributed by atoms with Crippen LogP contribution in [0.4, 0.5) is 19.0 Å². The average Bonchev–Trinajstić information content (AvgIpc) is 3.68. The number of halogens is 3. The highest BCUT2D eigenvalue weighted by molar-refractivity contribution is 7.98. The van der Waals surface area contributed by atoms with Crippen LogP contribution >= 0.6 is 11.8 Å². The predicted molar refractivity (Wildman–Crippen MR) is 178 cm³/mol. The van der Waals surface area contributed by atoms with Gasteiger partial charge in [0.15, 0.2) is 5.82 Å².